The third-order valence-electron chi connectivity index (χ3n) is 4.26. The van der Waals surface area contributed by atoms with Gasteiger partial charge in [0.1, 0.15) is 5.82 Å². The fourth-order valence-electron chi connectivity index (χ4n) is 2.65. The maximum atomic E-state index is 12.1. The van der Waals surface area contributed by atoms with Crippen molar-refractivity contribution in [1.82, 2.24) is 9.97 Å². The molecule has 1 aliphatic rings. The van der Waals surface area contributed by atoms with Gasteiger partial charge in [-0.2, -0.15) is 4.98 Å². The molecule has 2 aromatic rings. The maximum absolute atomic E-state index is 12.1. The number of ether oxygens (including phenoxy) is 1. The lowest BCUT2D eigenvalue weighted by Crippen LogP contribution is -2.36. The van der Waals surface area contributed by atoms with E-state index in [1.54, 1.807) is 0 Å². The summed E-state index contributed by atoms with van der Waals surface area (Å²) >= 11 is 0. The van der Waals surface area contributed by atoms with Crippen molar-refractivity contribution in [1.29, 1.82) is 0 Å². The number of nitrogens with one attached hydrogen (secondary N) is 2. The zero-order valence-electron chi connectivity index (χ0n) is 16.4. The number of carbonyl (C=O) groups is 1. The molecule has 3 rings (SSSR count). The molecule has 1 fully saturated rings. The summed E-state index contributed by atoms with van der Waals surface area (Å²) in [6.45, 7) is 10.7. The number of nitrogens with zero attached hydrogens (tertiary/aromatic N) is 3. The molecule has 0 aliphatic carbocycles. The van der Waals surface area contributed by atoms with E-state index in [0.29, 0.717) is 19.2 Å². The molecule has 1 saturated heterocycles. The highest BCUT2D eigenvalue weighted by Gasteiger charge is 2.21. The van der Waals surface area contributed by atoms with Gasteiger partial charge >= 0.3 is 0 Å². The second-order valence-electron chi connectivity index (χ2n) is 7.70. The normalized spacial score (nSPS) is 14.7. The molecule has 0 bridgehead atoms. The standard InChI is InChI=1S/C20H27N5O2/c1-14-13-17(25-9-11-27-12-10-25)24-19(21-14)23-16-7-5-15(6-8-16)22-18(26)20(2,3)4/h5-8,13H,9-12H2,1-4H3,(H,22,26)(H,21,23,24). The van der Waals surface area contributed by atoms with Crippen molar-refractivity contribution in [3.63, 3.8) is 0 Å². The van der Waals surface area contributed by atoms with Gasteiger partial charge in [-0.3, -0.25) is 4.79 Å². The van der Waals surface area contributed by atoms with Gasteiger partial charge in [-0.15, -0.1) is 0 Å². The van der Waals surface area contributed by atoms with E-state index in [9.17, 15) is 4.79 Å². The first-order valence-corrected chi connectivity index (χ1v) is 9.18. The molecular weight excluding hydrogens is 342 g/mol. The highest BCUT2D eigenvalue weighted by Crippen LogP contribution is 2.22. The van der Waals surface area contributed by atoms with Crippen molar-refractivity contribution in [2.24, 2.45) is 5.41 Å². The Bertz CT molecular complexity index is 793. The Morgan fingerprint density at radius 2 is 1.70 bits per heavy atom. The van der Waals surface area contributed by atoms with Gasteiger partial charge in [-0.25, -0.2) is 4.98 Å². The molecule has 1 aromatic heterocycles. The topological polar surface area (TPSA) is 79.4 Å². The molecular formula is C20H27N5O2. The first-order chi connectivity index (χ1) is 12.8. The van der Waals surface area contributed by atoms with Gasteiger partial charge in [0.05, 0.1) is 13.2 Å². The average molecular weight is 369 g/mol. The summed E-state index contributed by atoms with van der Waals surface area (Å²) in [6.07, 6.45) is 0. The molecule has 7 nitrogen and oxygen atoms in total. The highest BCUT2D eigenvalue weighted by atomic mass is 16.5. The largest absolute Gasteiger partial charge is 0.378 e. The molecule has 2 heterocycles. The second kappa shape index (κ2) is 7.92. The molecule has 0 atom stereocenters. The predicted octanol–water partition coefficient (Wildman–Crippen LogP) is 3.35. The summed E-state index contributed by atoms with van der Waals surface area (Å²) in [6, 6.07) is 9.52. The molecule has 0 radical (unpaired) electrons. The molecule has 1 aromatic carbocycles. The quantitative estimate of drug-likeness (QED) is 0.860. The summed E-state index contributed by atoms with van der Waals surface area (Å²) in [4.78, 5) is 23.4. The smallest absolute Gasteiger partial charge is 0.229 e. The van der Waals surface area contributed by atoms with Crippen molar-refractivity contribution in [3.05, 3.63) is 36.0 Å². The van der Waals surface area contributed by atoms with E-state index in [4.69, 9.17) is 4.74 Å². The molecule has 2 N–H and O–H groups in total. The first kappa shape index (κ1) is 19.1. The van der Waals surface area contributed by atoms with Crippen LogP contribution in [-0.4, -0.2) is 42.2 Å². The van der Waals surface area contributed by atoms with Crippen LogP contribution in [0.1, 0.15) is 26.5 Å². The first-order valence-electron chi connectivity index (χ1n) is 9.18. The number of carbonyl (C=O) groups excluding carboxylic acids is 1. The van der Waals surface area contributed by atoms with E-state index in [1.165, 1.54) is 0 Å². The minimum Gasteiger partial charge on any atom is -0.378 e. The number of hydrogen-bond acceptors (Lipinski definition) is 6. The summed E-state index contributed by atoms with van der Waals surface area (Å²) in [5, 5.41) is 6.16. The second-order valence-corrected chi connectivity index (χ2v) is 7.70. The minimum atomic E-state index is -0.428. The lowest BCUT2D eigenvalue weighted by atomic mass is 9.95. The predicted molar refractivity (Wildman–Crippen MR) is 108 cm³/mol. The number of hydrogen-bond donors (Lipinski definition) is 2. The number of rotatable bonds is 4. The van der Waals surface area contributed by atoms with Crippen molar-refractivity contribution < 1.29 is 9.53 Å². The van der Waals surface area contributed by atoms with Crippen molar-refractivity contribution in [3.8, 4) is 0 Å². The van der Waals surface area contributed by atoms with Crippen LogP contribution in [0, 0.1) is 12.3 Å². The lowest BCUT2D eigenvalue weighted by molar-refractivity contribution is -0.123. The van der Waals surface area contributed by atoms with E-state index in [0.717, 1.165) is 36.0 Å². The molecule has 27 heavy (non-hydrogen) atoms. The van der Waals surface area contributed by atoms with Gasteiger partial charge in [0, 0.05) is 41.6 Å². The summed E-state index contributed by atoms with van der Waals surface area (Å²) in [7, 11) is 0. The molecule has 1 aliphatic heterocycles. The molecule has 0 unspecified atom stereocenters. The third-order valence-corrected chi connectivity index (χ3v) is 4.26. The number of aromatic nitrogens is 2. The number of anilines is 4. The van der Waals surface area contributed by atoms with Crippen LogP contribution in [0.2, 0.25) is 0 Å². The Balaban J connectivity index is 1.70. The zero-order chi connectivity index (χ0) is 19.4. The van der Waals surface area contributed by atoms with Gasteiger partial charge in [0.25, 0.3) is 0 Å². The summed E-state index contributed by atoms with van der Waals surface area (Å²) < 4.78 is 5.41. The lowest BCUT2D eigenvalue weighted by Gasteiger charge is -2.28. The Hall–Kier alpha value is -2.67. The van der Waals surface area contributed by atoms with E-state index in [1.807, 2.05) is 58.0 Å². The third kappa shape index (κ3) is 5.17. The Morgan fingerprint density at radius 3 is 2.33 bits per heavy atom. The molecule has 144 valence electrons. The SMILES string of the molecule is Cc1cc(N2CCOCC2)nc(Nc2ccc(NC(=O)C(C)(C)C)cc2)n1. The van der Waals surface area contributed by atoms with Crippen LogP contribution < -0.4 is 15.5 Å². The molecule has 0 saturated carbocycles. The van der Waals surface area contributed by atoms with Gasteiger partial charge < -0.3 is 20.3 Å². The summed E-state index contributed by atoms with van der Waals surface area (Å²) in [5.41, 5.74) is 2.10. The van der Waals surface area contributed by atoms with Crippen LogP contribution >= 0.6 is 0 Å². The van der Waals surface area contributed by atoms with Gasteiger partial charge in [-0.05, 0) is 31.2 Å². The van der Waals surface area contributed by atoms with E-state index in [2.05, 4.69) is 25.5 Å². The summed E-state index contributed by atoms with van der Waals surface area (Å²) in [5.74, 6) is 1.45. The fourth-order valence-corrected chi connectivity index (χ4v) is 2.65. The van der Waals surface area contributed by atoms with Crippen LogP contribution in [0.15, 0.2) is 30.3 Å². The Labute approximate surface area is 160 Å². The molecule has 7 heteroatoms. The van der Waals surface area contributed by atoms with Crippen molar-refractivity contribution in [2.45, 2.75) is 27.7 Å². The highest BCUT2D eigenvalue weighted by molar-refractivity contribution is 5.94. The van der Waals surface area contributed by atoms with Crippen LogP contribution in [0.25, 0.3) is 0 Å². The number of aryl methyl sites for hydroxylation is 1. The Morgan fingerprint density at radius 1 is 1.07 bits per heavy atom. The maximum Gasteiger partial charge on any atom is 0.229 e. The number of amides is 1. The van der Waals surface area contributed by atoms with E-state index in [-0.39, 0.29) is 5.91 Å². The molecule has 0 spiro atoms. The van der Waals surface area contributed by atoms with Gasteiger partial charge in [-0.1, -0.05) is 20.8 Å². The Kier molecular flexibility index (Phi) is 5.60. The van der Waals surface area contributed by atoms with Crippen LogP contribution in [0.5, 0.6) is 0 Å². The molecule has 1 amide bonds. The van der Waals surface area contributed by atoms with Crippen LogP contribution in [0.4, 0.5) is 23.1 Å². The van der Waals surface area contributed by atoms with Crippen molar-refractivity contribution >= 4 is 29.0 Å². The number of morpholine rings is 1. The van der Waals surface area contributed by atoms with Crippen molar-refractivity contribution in [2.75, 3.05) is 41.8 Å². The number of benzene rings is 1. The van der Waals surface area contributed by atoms with Gasteiger partial charge in [0.2, 0.25) is 11.9 Å². The minimum absolute atomic E-state index is 0.0135. The van der Waals surface area contributed by atoms with Crippen LogP contribution in [-0.2, 0) is 9.53 Å². The van der Waals surface area contributed by atoms with E-state index < -0.39 is 5.41 Å². The van der Waals surface area contributed by atoms with Gasteiger partial charge in [0.15, 0.2) is 0 Å². The average Bonchev–Trinajstić information content (AvgIpc) is 2.63. The monoisotopic (exact) mass is 369 g/mol. The van der Waals surface area contributed by atoms with E-state index >= 15 is 0 Å². The zero-order valence-corrected chi connectivity index (χ0v) is 16.4. The fraction of sp³-hybridized carbons (Fsp3) is 0.450. The van der Waals surface area contributed by atoms with Crippen LogP contribution in [0.3, 0.4) is 0 Å².